The molecule has 0 fully saturated rings. The smallest absolute Gasteiger partial charge is 0.251 e. The van der Waals surface area contributed by atoms with Gasteiger partial charge in [-0.2, -0.15) is 0 Å². The van der Waals surface area contributed by atoms with Crippen molar-refractivity contribution in [2.45, 2.75) is 20.0 Å². The summed E-state index contributed by atoms with van der Waals surface area (Å²) in [6.45, 7) is 3.02. The van der Waals surface area contributed by atoms with E-state index in [9.17, 15) is 9.90 Å². The number of aromatic nitrogens is 2. The van der Waals surface area contributed by atoms with Crippen LogP contribution in [0.4, 0.5) is 0 Å². The molecule has 27 heavy (non-hydrogen) atoms. The van der Waals surface area contributed by atoms with Crippen molar-refractivity contribution in [2.24, 2.45) is 0 Å². The Balaban J connectivity index is 1.76. The van der Waals surface area contributed by atoms with Gasteiger partial charge in [-0.1, -0.05) is 6.07 Å². The minimum atomic E-state index is -0.108. The summed E-state index contributed by atoms with van der Waals surface area (Å²) in [5.74, 6) is 1.37. The molecular formula is C21H21N3O3. The van der Waals surface area contributed by atoms with Crippen molar-refractivity contribution in [2.75, 3.05) is 13.2 Å². The molecule has 6 heteroatoms. The summed E-state index contributed by atoms with van der Waals surface area (Å²) < 4.78 is 7.50. The third kappa shape index (κ3) is 3.19. The number of benzene rings is 2. The topological polar surface area (TPSA) is 76.4 Å². The largest absolute Gasteiger partial charge is 0.494 e. The van der Waals surface area contributed by atoms with E-state index in [4.69, 9.17) is 4.74 Å². The number of carbonyl (C=O) groups excluding carboxylic acids is 1. The Morgan fingerprint density at radius 2 is 2.15 bits per heavy atom. The van der Waals surface area contributed by atoms with Gasteiger partial charge in [-0.3, -0.25) is 9.36 Å². The van der Waals surface area contributed by atoms with Gasteiger partial charge < -0.3 is 15.2 Å². The minimum absolute atomic E-state index is 0.0385. The molecule has 0 radical (unpaired) electrons. The summed E-state index contributed by atoms with van der Waals surface area (Å²) in [5.41, 5.74) is 4.23. The van der Waals surface area contributed by atoms with Gasteiger partial charge in [-0.05, 0) is 49.2 Å². The lowest BCUT2D eigenvalue weighted by Crippen LogP contribution is -2.31. The minimum Gasteiger partial charge on any atom is -0.494 e. The zero-order chi connectivity index (χ0) is 18.8. The molecule has 0 unspecified atom stereocenters. The van der Waals surface area contributed by atoms with Crippen molar-refractivity contribution in [1.29, 1.82) is 0 Å². The van der Waals surface area contributed by atoms with E-state index in [2.05, 4.69) is 10.3 Å². The fourth-order valence-electron chi connectivity index (χ4n) is 3.41. The molecule has 0 saturated heterocycles. The van der Waals surface area contributed by atoms with Crippen LogP contribution in [0.5, 0.6) is 5.75 Å². The Hall–Kier alpha value is -3.12. The summed E-state index contributed by atoms with van der Waals surface area (Å²) in [4.78, 5) is 16.7. The van der Waals surface area contributed by atoms with E-state index in [1.54, 1.807) is 6.20 Å². The lowest BCUT2D eigenvalue weighted by atomic mass is 9.99. The molecule has 0 spiro atoms. The highest BCUT2D eigenvalue weighted by Gasteiger charge is 2.18. The third-order valence-electron chi connectivity index (χ3n) is 4.73. The molecule has 0 bridgehead atoms. The zero-order valence-corrected chi connectivity index (χ0v) is 15.1. The second kappa shape index (κ2) is 7.25. The molecule has 138 valence electrons. The lowest BCUT2D eigenvalue weighted by Gasteiger charge is -2.18. The molecule has 1 aromatic heterocycles. The molecule has 2 heterocycles. The zero-order valence-electron chi connectivity index (χ0n) is 15.1. The number of ether oxygens (including phenoxy) is 1. The number of amides is 1. The molecule has 1 aliphatic rings. The molecule has 1 amide bonds. The molecular weight excluding hydrogens is 342 g/mol. The Bertz CT molecular complexity index is 994. The normalized spacial score (nSPS) is 13.2. The number of aliphatic hydroxyl groups excluding tert-OH is 1. The van der Waals surface area contributed by atoms with Gasteiger partial charge >= 0.3 is 0 Å². The molecule has 0 atom stereocenters. The maximum Gasteiger partial charge on any atom is 0.251 e. The summed E-state index contributed by atoms with van der Waals surface area (Å²) in [7, 11) is 0. The van der Waals surface area contributed by atoms with Crippen LogP contribution in [0, 0.1) is 0 Å². The van der Waals surface area contributed by atoms with E-state index in [1.165, 1.54) is 0 Å². The molecule has 3 aromatic rings. The van der Waals surface area contributed by atoms with E-state index in [0.717, 1.165) is 29.1 Å². The first-order valence-electron chi connectivity index (χ1n) is 9.03. The maximum absolute atomic E-state index is 12.2. The highest BCUT2D eigenvalue weighted by Crippen LogP contribution is 2.28. The lowest BCUT2D eigenvalue weighted by molar-refractivity contribution is 0.0946. The van der Waals surface area contributed by atoms with Crippen molar-refractivity contribution >= 4 is 5.91 Å². The van der Waals surface area contributed by atoms with Crippen LogP contribution < -0.4 is 10.1 Å². The van der Waals surface area contributed by atoms with Crippen LogP contribution in [0.15, 0.2) is 48.8 Å². The van der Waals surface area contributed by atoms with Crippen LogP contribution in [-0.4, -0.2) is 33.7 Å². The summed E-state index contributed by atoms with van der Waals surface area (Å²) in [6, 6.07) is 11.6. The molecule has 4 rings (SSSR count). The molecule has 6 nitrogen and oxygen atoms in total. The van der Waals surface area contributed by atoms with E-state index in [0.29, 0.717) is 30.0 Å². The molecule has 2 aromatic carbocycles. The van der Waals surface area contributed by atoms with Gasteiger partial charge in [0, 0.05) is 41.3 Å². The summed E-state index contributed by atoms with van der Waals surface area (Å²) >= 11 is 0. The van der Waals surface area contributed by atoms with Crippen LogP contribution >= 0.6 is 0 Å². The van der Waals surface area contributed by atoms with Crippen LogP contribution in [0.25, 0.3) is 17.1 Å². The highest BCUT2D eigenvalue weighted by atomic mass is 16.5. The SMILES string of the molecule is CCOc1ccc(-c2nccn2-c2ccc3c(c2)C(=O)NCC3)cc1CO. The Labute approximate surface area is 157 Å². The van der Waals surface area contributed by atoms with Gasteiger partial charge in [0.2, 0.25) is 0 Å². The number of hydrogen-bond acceptors (Lipinski definition) is 4. The Morgan fingerprint density at radius 3 is 2.96 bits per heavy atom. The number of nitrogens with zero attached hydrogens (tertiary/aromatic N) is 2. The van der Waals surface area contributed by atoms with Crippen LogP contribution in [0.1, 0.15) is 28.4 Å². The van der Waals surface area contributed by atoms with Crippen molar-refractivity contribution in [3.8, 4) is 22.8 Å². The highest BCUT2D eigenvalue weighted by molar-refractivity contribution is 5.97. The number of aliphatic hydroxyl groups is 1. The summed E-state index contributed by atoms with van der Waals surface area (Å²) in [5, 5.41) is 12.5. The predicted molar refractivity (Wildman–Crippen MR) is 102 cm³/mol. The van der Waals surface area contributed by atoms with E-state index >= 15 is 0 Å². The first kappa shape index (κ1) is 17.3. The fraction of sp³-hybridized carbons (Fsp3) is 0.238. The molecule has 2 N–H and O–H groups in total. The first-order valence-corrected chi connectivity index (χ1v) is 9.03. The molecule has 1 aliphatic heterocycles. The Morgan fingerprint density at radius 1 is 1.26 bits per heavy atom. The van der Waals surface area contributed by atoms with E-state index in [1.807, 2.05) is 54.1 Å². The van der Waals surface area contributed by atoms with Crippen LogP contribution in [0.3, 0.4) is 0 Å². The van der Waals surface area contributed by atoms with E-state index < -0.39 is 0 Å². The molecule has 0 aliphatic carbocycles. The number of carbonyl (C=O) groups is 1. The second-order valence-corrected chi connectivity index (χ2v) is 6.38. The fourth-order valence-corrected chi connectivity index (χ4v) is 3.41. The number of rotatable bonds is 5. The quantitative estimate of drug-likeness (QED) is 0.731. The standard InChI is InChI=1S/C21H21N3O3/c1-2-27-19-6-4-15(11-16(19)13-25)20-22-9-10-24(20)17-5-3-14-7-8-23-21(26)18(14)12-17/h3-6,9-12,25H,2,7-8,13H2,1H3,(H,23,26). The number of fused-ring (bicyclic) bond motifs is 1. The number of hydrogen-bond donors (Lipinski definition) is 2. The van der Waals surface area contributed by atoms with Gasteiger partial charge in [-0.25, -0.2) is 4.98 Å². The average Bonchev–Trinajstić information content (AvgIpc) is 3.18. The average molecular weight is 363 g/mol. The number of nitrogens with one attached hydrogen (secondary N) is 1. The van der Waals surface area contributed by atoms with Gasteiger partial charge in [0.15, 0.2) is 0 Å². The Kier molecular flexibility index (Phi) is 4.64. The monoisotopic (exact) mass is 363 g/mol. The van der Waals surface area contributed by atoms with Crippen LogP contribution in [0.2, 0.25) is 0 Å². The second-order valence-electron chi connectivity index (χ2n) is 6.38. The van der Waals surface area contributed by atoms with Crippen molar-refractivity contribution in [1.82, 2.24) is 14.9 Å². The predicted octanol–water partition coefficient (Wildman–Crippen LogP) is 2.72. The van der Waals surface area contributed by atoms with Crippen LogP contribution in [-0.2, 0) is 13.0 Å². The number of imidazole rings is 1. The van der Waals surface area contributed by atoms with Crippen molar-refractivity contribution < 1.29 is 14.6 Å². The first-order chi connectivity index (χ1) is 13.2. The molecule has 0 saturated carbocycles. The summed E-state index contributed by atoms with van der Waals surface area (Å²) in [6.07, 6.45) is 4.44. The van der Waals surface area contributed by atoms with E-state index in [-0.39, 0.29) is 12.5 Å². The maximum atomic E-state index is 12.2. The van der Waals surface area contributed by atoms with Crippen molar-refractivity contribution in [3.05, 3.63) is 65.5 Å². The third-order valence-corrected chi connectivity index (χ3v) is 4.73. The van der Waals surface area contributed by atoms with Gasteiger partial charge in [0.1, 0.15) is 11.6 Å². The van der Waals surface area contributed by atoms with Gasteiger partial charge in [-0.15, -0.1) is 0 Å². The van der Waals surface area contributed by atoms with Gasteiger partial charge in [0.25, 0.3) is 5.91 Å². The van der Waals surface area contributed by atoms with Crippen molar-refractivity contribution in [3.63, 3.8) is 0 Å². The van der Waals surface area contributed by atoms with Gasteiger partial charge in [0.05, 0.1) is 13.2 Å².